The van der Waals surface area contributed by atoms with E-state index in [9.17, 15) is 4.79 Å². The SMILES string of the molecule is Cc1ccc(CC(C)NC(=O)c2ccc(CCN)cc2)s1. The van der Waals surface area contributed by atoms with Crippen molar-refractivity contribution in [1.82, 2.24) is 5.32 Å². The Labute approximate surface area is 130 Å². The zero-order valence-electron chi connectivity index (χ0n) is 12.6. The molecule has 0 spiro atoms. The summed E-state index contributed by atoms with van der Waals surface area (Å²) in [6.45, 7) is 4.76. The summed E-state index contributed by atoms with van der Waals surface area (Å²) in [4.78, 5) is 14.8. The van der Waals surface area contributed by atoms with Gasteiger partial charge in [-0.05, 0) is 56.6 Å². The Morgan fingerprint density at radius 3 is 2.52 bits per heavy atom. The molecule has 1 aromatic heterocycles. The zero-order valence-corrected chi connectivity index (χ0v) is 13.4. The molecular weight excluding hydrogens is 280 g/mol. The molecule has 2 rings (SSSR count). The number of carbonyl (C=O) groups excluding carboxylic acids is 1. The number of carbonyl (C=O) groups is 1. The lowest BCUT2D eigenvalue weighted by molar-refractivity contribution is 0.0940. The van der Waals surface area contributed by atoms with Gasteiger partial charge in [-0.3, -0.25) is 4.79 Å². The van der Waals surface area contributed by atoms with Crippen LogP contribution in [-0.2, 0) is 12.8 Å². The van der Waals surface area contributed by atoms with Gasteiger partial charge in [0.25, 0.3) is 5.91 Å². The van der Waals surface area contributed by atoms with E-state index in [0.717, 1.165) is 18.4 Å². The fourth-order valence-corrected chi connectivity index (χ4v) is 3.26. The van der Waals surface area contributed by atoms with Gasteiger partial charge in [0.15, 0.2) is 0 Å². The number of rotatable bonds is 6. The summed E-state index contributed by atoms with van der Waals surface area (Å²) >= 11 is 1.78. The van der Waals surface area contributed by atoms with Gasteiger partial charge in [-0.15, -0.1) is 11.3 Å². The summed E-state index contributed by atoms with van der Waals surface area (Å²) < 4.78 is 0. The van der Waals surface area contributed by atoms with Crippen LogP contribution in [0.5, 0.6) is 0 Å². The van der Waals surface area contributed by atoms with Gasteiger partial charge in [-0.25, -0.2) is 0 Å². The van der Waals surface area contributed by atoms with Crippen molar-refractivity contribution in [2.24, 2.45) is 5.73 Å². The first-order valence-electron chi connectivity index (χ1n) is 7.23. The summed E-state index contributed by atoms with van der Waals surface area (Å²) in [6.07, 6.45) is 1.71. The Morgan fingerprint density at radius 2 is 1.95 bits per heavy atom. The first kappa shape index (κ1) is 15.7. The maximum absolute atomic E-state index is 12.2. The Kier molecular flexibility index (Phi) is 5.53. The number of hydrogen-bond donors (Lipinski definition) is 2. The highest BCUT2D eigenvalue weighted by atomic mass is 32.1. The van der Waals surface area contributed by atoms with E-state index in [1.54, 1.807) is 11.3 Å². The predicted octanol–water partition coefficient (Wildman–Crippen LogP) is 2.92. The van der Waals surface area contributed by atoms with Crippen LogP contribution in [0, 0.1) is 6.92 Å². The third kappa shape index (κ3) is 4.69. The molecule has 1 aromatic carbocycles. The number of thiophene rings is 1. The zero-order chi connectivity index (χ0) is 15.2. The highest BCUT2D eigenvalue weighted by Gasteiger charge is 2.11. The van der Waals surface area contributed by atoms with Crippen LogP contribution in [0.1, 0.15) is 32.6 Å². The summed E-state index contributed by atoms with van der Waals surface area (Å²) in [5, 5.41) is 3.05. The van der Waals surface area contributed by atoms with Gasteiger partial charge in [0.05, 0.1) is 0 Å². The first-order chi connectivity index (χ1) is 10.1. The fraction of sp³-hybridized carbons (Fsp3) is 0.353. The minimum atomic E-state index is -0.0184. The van der Waals surface area contributed by atoms with Gasteiger partial charge in [-0.1, -0.05) is 12.1 Å². The Hall–Kier alpha value is -1.65. The average Bonchev–Trinajstić information content (AvgIpc) is 2.85. The molecule has 1 amide bonds. The van der Waals surface area contributed by atoms with Gasteiger partial charge in [0, 0.05) is 27.8 Å². The molecule has 1 atom stereocenters. The predicted molar refractivity (Wildman–Crippen MR) is 88.9 cm³/mol. The molecule has 3 N–H and O–H groups in total. The van der Waals surface area contributed by atoms with Crippen LogP contribution in [0.25, 0.3) is 0 Å². The maximum Gasteiger partial charge on any atom is 0.251 e. The topological polar surface area (TPSA) is 55.1 Å². The molecule has 0 aliphatic rings. The molecule has 0 bridgehead atoms. The van der Waals surface area contributed by atoms with Gasteiger partial charge in [0.1, 0.15) is 0 Å². The quantitative estimate of drug-likeness (QED) is 0.862. The molecule has 0 fully saturated rings. The molecular formula is C17H22N2OS. The molecule has 1 unspecified atom stereocenters. The fourth-order valence-electron chi connectivity index (χ4n) is 2.24. The van der Waals surface area contributed by atoms with E-state index in [1.165, 1.54) is 9.75 Å². The lowest BCUT2D eigenvalue weighted by atomic mass is 10.1. The Bertz CT molecular complexity index is 589. The maximum atomic E-state index is 12.2. The number of amides is 1. The van der Waals surface area contributed by atoms with Crippen LogP contribution in [0.15, 0.2) is 36.4 Å². The molecule has 0 saturated carbocycles. The lowest BCUT2D eigenvalue weighted by Crippen LogP contribution is -2.33. The van der Waals surface area contributed by atoms with Crippen molar-refractivity contribution in [2.45, 2.75) is 32.7 Å². The smallest absolute Gasteiger partial charge is 0.251 e. The summed E-state index contributed by atoms with van der Waals surface area (Å²) in [6, 6.07) is 12.0. The third-order valence-electron chi connectivity index (χ3n) is 3.33. The second-order valence-corrected chi connectivity index (χ2v) is 6.70. The molecule has 0 aliphatic heterocycles. The van der Waals surface area contributed by atoms with Crippen molar-refractivity contribution >= 4 is 17.2 Å². The van der Waals surface area contributed by atoms with Gasteiger partial charge in [-0.2, -0.15) is 0 Å². The van der Waals surface area contributed by atoms with Crippen LogP contribution in [0.4, 0.5) is 0 Å². The summed E-state index contributed by atoms with van der Waals surface area (Å²) in [7, 11) is 0. The van der Waals surface area contributed by atoms with Crippen LogP contribution >= 0.6 is 11.3 Å². The Morgan fingerprint density at radius 1 is 1.24 bits per heavy atom. The van der Waals surface area contributed by atoms with Crippen molar-refractivity contribution in [2.75, 3.05) is 6.54 Å². The molecule has 0 radical (unpaired) electrons. The normalized spacial score (nSPS) is 12.1. The monoisotopic (exact) mass is 302 g/mol. The largest absolute Gasteiger partial charge is 0.349 e. The van der Waals surface area contributed by atoms with Crippen LogP contribution in [0.2, 0.25) is 0 Å². The highest BCUT2D eigenvalue weighted by molar-refractivity contribution is 7.11. The highest BCUT2D eigenvalue weighted by Crippen LogP contribution is 2.16. The first-order valence-corrected chi connectivity index (χ1v) is 8.05. The second kappa shape index (κ2) is 7.38. The molecule has 2 aromatic rings. The van der Waals surface area contributed by atoms with Gasteiger partial charge >= 0.3 is 0 Å². The van der Waals surface area contributed by atoms with E-state index >= 15 is 0 Å². The van der Waals surface area contributed by atoms with Gasteiger partial charge in [0.2, 0.25) is 0 Å². The van der Waals surface area contributed by atoms with Crippen LogP contribution in [-0.4, -0.2) is 18.5 Å². The number of benzene rings is 1. The van der Waals surface area contributed by atoms with Crippen molar-refractivity contribution in [1.29, 1.82) is 0 Å². The molecule has 1 heterocycles. The van der Waals surface area contributed by atoms with Crippen molar-refractivity contribution in [3.05, 3.63) is 57.3 Å². The molecule has 4 heteroatoms. The number of nitrogens with one attached hydrogen (secondary N) is 1. The van der Waals surface area contributed by atoms with Crippen LogP contribution in [0.3, 0.4) is 0 Å². The molecule has 112 valence electrons. The van der Waals surface area contributed by atoms with E-state index in [2.05, 4.69) is 24.4 Å². The lowest BCUT2D eigenvalue weighted by Gasteiger charge is -2.13. The number of hydrogen-bond acceptors (Lipinski definition) is 3. The second-order valence-electron chi connectivity index (χ2n) is 5.33. The summed E-state index contributed by atoms with van der Waals surface area (Å²) in [5.74, 6) is -0.0184. The van der Waals surface area contributed by atoms with E-state index in [-0.39, 0.29) is 11.9 Å². The Balaban J connectivity index is 1.90. The van der Waals surface area contributed by atoms with Crippen molar-refractivity contribution < 1.29 is 4.79 Å². The molecule has 3 nitrogen and oxygen atoms in total. The minimum Gasteiger partial charge on any atom is -0.349 e. The van der Waals surface area contributed by atoms with Crippen molar-refractivity contribution in [3.63, 3.8) is 0 Å². The van der Waals surface area contributed by atoms with Crippen molar-refractivity contribution in [3.8, 4) is 0 Å². The molecule has 0 saturated heterocycles. The minimum absolute atomic E-state index is 0.0184. The van der Waals surface area contributed by atoms with Gasteiger partial charge < -0.3 is 11.1 Å². The third-order valence-corrected chi connectivity index (χ3v) is 4.35. The van der Waals surface area contributed by atoms with E-state index in [4.69, 9.17) is 5.73 Å². The van der Waals surface area contributed by atoms with E-state index < -0.39 is 0 Å². The van der Waals surface area contributed by atoms with E-state index in [0.29, 0.717) is 12.1 Å². The number of nitrogens with two attached hydrogens (primary N) is 1. The van der Waals surface area contributed by atoms with Crippen LogP contribution < -0.4 is 11.1 Å². The summed E-state index contributed by atoms with van der Waals surface area (Å²) in [5.41, 5.74) is 7.38. The number of aryl methyl sites for hydroxylation is 1. The average molecular weight is 302 g/mol. The molecule has 21 heavy (non-hydrogen) atoms. The standard InChI is InChI=1S/C17H22N2OS/c1-12(11-16-8-3-13(2)21-16)19-17(20)15-6-4-14(5-7-15)9-10-18/h3-8,12H,9-11,18H2,1-2H3,(H,19,20). The molecule has 0 aliphatic carbocycles. The van der Waals surface area contributed by atoms with E-state index in [1.807, 2.05) is 31.2 Å².